The molecule has 1 N–H and O–H groups in total. The van der Waals surface area contributed by atoms with Crippen LogP contribution in [0.3, 0.4) is 0 Å². The highest BCUT2D eigenvalue weighted by Gasteiger charge is 2.15. The highest BCUT2D eigenvalue weighted by atomic mass is 32.2. The van der Waals surface area contributed by atoms with Crippen LogP contribution in [0.15, 0.2) is 58.9 Å². The molecule has 0 saturated carbocycles. The van der Waals surface area contributed by atoms with Gasteiger partial charge in [0.05, 0.1) is 4.92 Å². The largest absolute Gasteiger partial charge is 0.477 e. The van der Waals surface area contributed by atoms with Crippen molar-refractivity contribution >= 4 is 39.8 Å². The van der Waals surface area contributed by atoms with Gasteiger partial charge in [-0.2, -0.15) is 0 Å². The highest BCUT2D eigenvalue weighted by molar-refractivity contribution is 8.00. The van der Waals surface area contributed by atoms with Crippen molar-refractivity contribution in [3.8, 4) is 5.75 Å². The van der Waals surface area contributed by atoms with Crippen LogP contribution in [0.2, 0.25) is 0 Å². The second-order valence-corrected chi connectivity index (χ2v) is 7.41. The van der Waals surface area contributed by atoms with E-state index in [-0.39, 0.29) is 18.0 Å². The van der Waals surface area contributed by atoms with Gasteiger partial charge in [0.2, 0.25) is 5.13 Å². The molecule has 8 nitrogen and oxygen atoms in total. The quantitative estimate of drug-likeness (QED) is 0.264. The minimum atomic E-state index is -0.561. The fourth-order valence-corrected chi connectivity index (χ4v) is 3.79. The van der Waals surface area contributed by atoms with E-state index < -0.39 is 10.8 Å². The third kappa shape index (κ3) is 5.50. The predicted molar refractivity (Wildman–Crippen MR) is 103 cm³/mol. The number of nitrogens with one attached hydrogen (secondary N) is 1. The first-order chi connectivity index (χ1) is 13.1. The summed E-state index contributed by atoms with van der Waals surface area (Å²) >= 11 is 2.78. The monoisotopic (exact) mass is 402 g/mol. The number of para-hydroxylation sites is 2. The standard InChI is InChI=1S/C17H14N4O4S2/c22-15(10-25-14-9-5-4-8-13(14)21(23)24)18-16-19-20-17(27-16)26-11-12-6-2-1-3-7-12/h1-9H,10-11H2,(H,18,19,22). The number of rotatable bonds is 8. The Bertz CT molecular complexity index is 933. The van der Waals surface area contributed by atoms with Crippen LogP contribution >= 0.6 is 23.1 Å². The number of nitro groups is 1. The summed E-state index contributed by atoms with van der Waals surface area (Å²) in [5.41, 5.74) is 0.974. The molecule has 2 aromatic carbocycles. The van der Waals surface area contributed by atoms with Crippen molar-refractivity contribution in [2.75, 3.05) is 11.9 Å². The topological polar surface area (TPSA) is 107 Å². The van der Waals surface area contributed by atoms with E-state index in [1.54, 1.807) is 6.07 Å². The number of nitrogens with zero attached hydrogens (tertiary/aromatic N) is 3. The van der Waals surface area contributed by atoms with Gasteiger partial charge in [0.15, 0.2) is 16.7 Å². The lowest BCUT2D eigenvalue weighted by molar-refractivity contribution is -0.385. The molecule has 3 rings (SSSR count). The summed E-state index contributed by atoms with van der Waals surface area (Å²) in [6.45, 7) is -0.364. The lowest BCUT2D eigenvalue weighted by Gasteiger charge is -2.05. The Morgan fingerprint density at radius 3 is 2.67 bits per heavy atom. The van der Waals surface area contributed by atoms with Crippen molar-refractivity contribution < 1.29 is 14.5 Å². The van der Waals surface area contributed by atoms with Gasteiger partial charge in [-0.25, -0.2) is 0 Å². The van der Waals surface area contributed by atoms with E-state index in [2.05, 4.69) is 15.5 Å². The maximum atomic E-state index is 12.0. The molecule has 0 aliphatic carbocycles. The highest BCUT2D eigenvalue weighted by Crippen LogP contribution is 2.28. The van der Waals surface area contributed by atoms with Crippen LogP contribution in [0.1, 0.15) is 5.56 Å². The summed E-state index contributed by atoms with van der Waals surface area (Å²) in [7, 11) is 0. The zero-order chi connectivity index (χ0) is 19.1. The van der Waals surface area contributed by atoms with Crippen molar-refractivity contribution in [2.45, 2.75) is 10.1 Å². The molecule has 0 aliphatic heterocycles. The smallest absolute Gasteiger partial charge is 0.310 e. The van der Waals surface area contributed by atoms with Crippen LogP contribution in [-0.2, 0) is 10.5 Å². The SMILES string of the molecule is O=C(COc1ccccc1[N+](=O)[O-])Nc1nnc(SCc2ccccc2)s1. The lowest BCUT2D eigenvalue weighted by atomic mass is 10.2. The fourth-order valence-electron chi connectivity index (χ4n) is 2.07. The van der Waals surface area contributed by atoms with Crippen molar-refractivity contribution in [1.82, 2.24) is 10.2 Å². The predicted octanol–water partition coefficient (Wildman–Crippen LogP) is 3.76. The average molecular weight is 402 g/mol. The van der Waals surface area contributed by atoms with Gasteiger partial charge in [0.25, 0.3) is 5.91 Å². The van der Waals surface area contributed by atoms with Crippen molar-refractivity contribution in [1.29, 1.82) is 0 Å². The van der Waals surface area contributed by atoms with Gasteiger partial charge in [-0.15, -0.1) is 10.2 Å². The van der Waals surface area contributed by atoms with Crippen LogP contribution in [-0.4, -0.2) is 27.6 Å². The van der Waals surface area contributed by atoms with E-state index in [0.717, 1.165) is 10.1 Å². The Kier molecular flexibility index (Phi) is 6.34. The Balaban J connectivity index is 1.50. The molecule has 1 heterocycles. The maximum Gasteiger partial charge on any atom is 0.310 e. The number of carbonyl (C=O) groups excluding carboxylic acids is 1. The minimum Gasteiger partial charge on any atom is -0.477 e. The molecule has 1 amide bonds. The Morgan fingerprint density at radius 1 is 1.15 bits per heavy atom. The van der Waals surface area contributed by atoms with Crippen molar-refractivity contribution in [3.05, 3.63) is 70.3 Å². The Labute approximate surface area is 162 Å². The zero-order valence-electron chi connectivity index (χ0n) is 13.9. The molecule has 138 valence electrons. The van der Waals surface area contributed by atoms with Gasteiger partial charge in [-0.3, -0.25) is 20.2 Å². The number of anilines is 1. The Morgan fingerprint density at radius 2 is 1.89 bits per heavy atom. The van der Waals surface area contributed by atoms with Gasteiger partial charge in [0, 0.05) is 11.8 Å². The number of amides is 1. The third-order valence-electron chi connectivity index (χ3n) is 3.28. The average Bonchev–Trinajstić information content (AvgIpc) is 3.13. The first-order valence-electron chi connectivity index (χ1n) is 7.78. The van der Waals surface area contributed by atoms with Crippen LogP contribution in [0.4, 0.5) is 10.8 Å². The molecular weight excluding hydrogens is 388 g/mol. The summed E-state index contributed by atoms with van der Waals surface area (Å²) < 4.78 is 5.97. The molecule has 3 aromatic rings. The fraction of sp³-hybridized carbons (Fsp3) is 0.118. The molecule has 1 aromatic heterocycles. The van der Waals surface area contributed by atoms with Crippen LogP contribution < -0.4 is 10.1 Å². The van der Waals surface area contributed by atoms with Gasteiger partial charge in [-0.05, 0) is 11.6 Å². The van der Waals surface area contributed by atoms with Crippen molar-refractivity contribution in [3.63, 3.8) is 0 Å². The van der Waals surface area contributed by atoms with Gasteiger partial charge < -0.3 is 4.74 Å². The lowest BCUT2D eigenvalue weighted by Crippen LogP contribution is -2.20. The number of hydrogen-bond donors (Lipinski definition) is 1. The molecule has 0 atom stereocenters. The number of hydrogen-bond acceptors (Lipinski definition) is 8. The third-order valence-corrected chi connectivity index (χ3v) is 5.32. The summed E-state index contributed by atoms with van der Waals surface area (Å²) in [6, 6.07) is 15.8. The summed E-state index contributed by atoms with van der Waals surface area (Å²) in [5.74, 6) is 0.322. The van der Waals surface area contributed by atoms with E-state index >= 15 is 0 Å². The van der Waals surface area contributed by atoms with E-state index in [4.69, 9.17) is 4.74 Å². The van der Waals surface area contributed by atoms with Gasteiger partial charge in [-0.1, -0.05) is 65.6 Å². The molecule has 0 radical (unpaired) electrons. The van der Waals surface area contributed by atoms with Crippen LogP contribution in [0.25, 0.3) is 0 Å². The van der Waals surface area contributed by atoms with E-state index in [9.17, 15) is 14.9 Å². The minimum absolute atomic E-state index is 0.0361. The summed E-state index contributed by atoms with van der Waals surface area (Å²) in [5, 5.41) is 21.8. The van der Waals surface area contributed by atoms with E-state index in [1.165, 1.54) is 46.9 Å². The second-order valence-electron chi connectivity index (χ2n) is 5.21. The summed E-state index contributed by atoms with van der Waals surface area (Å²) in [6.07, 6.45) is 0. The normalized spacial score (nSPS) is 10.4. The van der Waals surface area contributed by atoms with Crippen molar-refractivity contribution in [2.24, 2.45) is 0 Å². The van der Waals surface area contributed by atoms with Gasteiger partial charge in [0.1, 0.15) is 0 Å². The number of ether oxygens (including phenoxy) is 1. The first-order valence-corrected chi connectivity index (χ1v) is 9.58. The van der Waals surface area contributed by atoms with E-state index in [0.29, 0.717) is 5.13 Å². The molecule has 0 spiro atoms. The molecule has 0 aliphatic rings. The number of thioether (sulfide) groups is 1. The molecule has 10 heteroatoms. The number of carbonyl (C=O) groups is 1. The summed E-state index contributed by atoms with van der Waals surface area (Å²) in [4.78, 5) is 22.4. The molecule has 0 bridgehead atoms. The van der Waals surface area contributed by atoms with Gasteiger partial charge >= 0.3 is 5.69 Å². The van der Waals surface area contributed by atoms with E-state index in [1.807, 2.05) is 30.3 Å². The molecule has 0 saturated heterocycles. The molecule has 27 heavy (non-hydrogen) atoms. The number of benzene rings is 2. The molecular formula is C17H14N4O4S2. The first kappa shape index (κ1) is 18.8. The second kappa shape index (κ2) is 9.10. The maximum absolute atomic E-state index is 12.0. The number of aromatic nitrogens is 2. The molecule has 0 fully saturated rings. The Hall–Kier alpha value is -2.98. The molecule has 0 unspecified atom stereocenters. The number of nitro benzene ring substituents is 1. The zero-order valence-corrected chi connectivity index (χ0v) is 15.5. The van der Waals surface area contributed by atoms with Crippen LogP contribution in [0.5, 0.6) is 5.75 Å². The van der Waals surface area contributed by atoms with Crippen LogP contribution in [0, 0.1) is 10.1 Å².